The van der Waals surface area contributed by atoms with Crippen LogP contribution in [0.5, 0.6) is 0 Å². The molecule has 15 heavy (non-hydrogen) atoms. The SMILES string of the molecule is c1ccc(Cc2csc3nccn23)cc1. The highest BCUT2D eigenvalue weighted by Gasteiger charge is 2.03. The Kier molecular flexibility index (Phi) is 2.03. The third kappa shape index (κ3) is 1.55. The van der Waals surface area contributed by atoms with Crippen LogP contribution in [0.25, 0.3) is 4.96 Å². The van der Waals surface area contributed by atoms with Crippen LogP contribution in [-0.4, -0.2) is 9.38 Å². The molecule has 3 heteroatoms. The molecule has 2 aromatic heterocycles. The predicted molar refractivity (Wildman–Crippen MR) is 62.3 cm³/mol. The van der Waals surface area contributed by atoms with E-state index in [9.17, 15) is 0 Å². The molecule has 0 radical (unpaired) electrons. The van der Waals surface area contributed by atoms with Gasteiger partial charge in [0, 0.05) is 29.9 Å². The van der Waals surface area contributed by atoms with Gasteiger partial charge in [0.05, 0.1) is 0 Å². The predicted octanol–water partition coefficient (Wildman–Crippen LogP) is 2.99. The number of aromatic nitrogens is 2. The summed E-state index contributed by atoms with van der Waals surface area (Å²) in [4.78, 5) is 5.33. The third-order valence-electron chi connectivity index (χ3n) is 2.44. The zero-order valence-corrected chi connectivity index (χ0v) is 8.95. The van der Waals surface area contributed by atoms with E-state index < -0.39 is 0 Å². The summed E-state index contributed by atoms with van der Waals surface area (Å²) in [7, 11) is 0. The van der Waals surface area contributed by atoms with E-state index in [1.165, 1.54) is 11.3 Å². The largest absolute Gasteiger partial charge is 0.294 e. The summed E-state index contributed by atoms with van der Waals surface area (Å²) in [6.45, 7) is 0. The highest BCUT2D eigenvalue weighted by atomic mass is 32.1. The average Bonchev–Trinajstić information content (AvgIpc) is 2.85. The smallest absolute Gasteiger partial charge is 0.193 e. The Morgan fingerprint density at radius 3 is 2.93 bits per heavy atom. The number of rotatable bonds is 2. The maximum Gasteiger partial charge on any atom is 0.193 e. The van der Waals surface area contributed by atoms with Gasteiger partial charge in [0.25, 0.3) is 0 Å². The minimum Gasteiger partial charge on any atom is -0.294 e. The Morgan fingerprint density at radius 2 is 2.07 bits per heavy atom. The molecule has 0 fully saturated rings. The summed E-state index contributed by atoms with van der Waals surface area (Å²) >= 11 is 1.69. The van der Waals surface area contributed by atoms with Crippen molar-refractivity contribution in [3.8, 4) is 0 Å². The van der Waals surface area contributed by atoms with Gasteiger partial charge in [0.1, 0.15) is 0 Å². The van der Waals surface area contributed by atoms with E-state index in [2.05, 4.69) is 39.0 Å². The van der Waals surface area contributed by atoms with Crippen LogP contribution in [0.15, 0.2) is 48.1 Å². The third-order valence-corrected chi connectivity index (χ3v) is 3.35. The lowest BCUT2D eigenvalue weighted by molar-refractivity contribution is 1.04. The molecule has 74 valence electrons. The summed E-state index contributed by atoms with van der Waals surface area (Å²) in [5, 5.41) is 2.18. The van der Waals surface area contributed by atoms with Crippen molar-refractivity contribution in [2.45, 2.75) is 6.42 Å². The van der Waals surface area contributed by atoms with Crippen molar-refractivity contribution in [1.29, 1.82) is 0 Å². The van der Waals surface area contributed by atoms with Crippen LogP contribution < -0.4 is 0 Å². The molecule has 1 aromatic carbocycles. The number of hydrogen-bond donors (Lipinski definition) is 0. The monoisotopic (exact) mass is 214 g/mol. The first-order valence-electron chi connectivity index (χ1n) is 4.87. The zero-order chi connectivity index (χ0) is 10.1. The second-order valence-electron chi connectivity index (χ2n) is 3.47. The van der Waals surface area contributed by atoms with Crippen molar-refractivity contribution in [3.05, 3.63) is 59.4 Å². The molecule has 3 aromatic rings. The normalized spacial score (nSPS) is 10.9. The van der Waals surface area contributed by atoms with Gasteiger partial charge in [-0.15, -0.1) is 11.3 Å². The van der Waals surface area contributed by atoms with Crippen molar-refractivity contribution >= 4 is 16.3 Å². The summed E-state index contributed by atoms with van der Waals surface area (Å²) in [6.07, 6.45) is 4.83. The Morgan fingerprint density at radius 1 is 1.20 bits per heavy atom. The molecule has 0 spiro atoms. The summed E-state index contributed by atoms with van der Waals surface area (Å²) in [5.41, 5.74) is 2.64. The van der Waals surface area contributed by atoms with Crippen LogP contribution >= 0.6 is 11.3 Å². The number of fused-ring (bicyclic) bond motifs is 1. The second-order valence-corrected chi connectivity index (χ2v) is 4.31. The van der Waals surface area contributed by atoms with Crippen LogP contribution in [0.4, 0.5) is 0 Å². The van der Waals surface area contributed by atoms with Crippen molar-refractivity contribution in [2.75, 3.05) is 0 Å². The van der Waals surface area contributed by atoms with Gasteiger partial charge in [0.2, 0.25) is 0 Å². The van der Waals surface area contributed by atoms with Gasteiger partial charge < -0.3 is 0 Å². The summed E-state index contributed by atoms with van der Waals surface area (Å²) in [6, 6.07) is 10.5. The lowest BCUT2D eigenvalue weighted by atomic mass is 10.1. The Bertz CT molecular complexity index is 565. The molecular weight excluding hydrogens is 204 g/mol. The van der Waals surface area contributed by atoms with E-state index in [1.807, 2.05) is 18.5 Å². The minimum absolute atomic E-state index is 0.969. The van der Waals surface area contributed by atoms with Crippen LogP contribution in [0.2, 0.25) is 0 Å². The average molecular weight is 214 g/mol. The summed E-state index contributed by atoms with van der Waals surface area (Å²) in [5.74, 6) is 0. The van der Waals surface area contributed by atoms with Gasteiger partial charge in [-0.05, 0) is 5.56 Å². The van der Waals surface area contributed by atoms with Crippen LogP contribution in [0, 0.1) is 0 Å². The molecule has 2 heterocycles. The van der Waals surface area contributed by atoms with Gasteiger partial charge in [-0.2, -0.15) is 0 Å². The van der Waals surface area contributed by atoms with Gasteiger partial charge in [-0.1, -0.05) is 30.3 Å². The molecule has 0 unspecified atom stereocenters. The van der Waals surface area contributed by atoms with Crippen LogP contribution in [-0.2, 0) is 6.42 Å². The van der Waals surface area contributed by atoms with Gasteiger partial charge in [0.15, 0.2) is 4.96 Å². The second kappa shape index (κ2) is 3.51. The first-order valence-corrected chi connectivity index (χ1v) is 5.75. The van der Waals surface area contributed by atoms with Crippen molar-refractivity contribution in [3.63, 3.8) is 0 Å². The van der Waals surface area contributed by atoms with E-state index >= 15 is 0 Å². The molecule has 0 saturated carbocycles. The topological polar surface area (TPSA) is 17.3 Å². The Labute approximate surface area is 91.8 Å². The number of thiazole rings is 1. The molecule has 0 aliphatic carbocycles. The maximum absolute atomic E-state index is 4.26. The molecule has 0 aliphatic rings. The highest BCUT2D eigenvalue weighted by Crippen LogP contribution is 2.17. The van der Waals surface area contributed by atoms with Crippen molar-refractivity contribution in [1.82, 2.24) is 9.38 Å². The standard InChI is InChI=1S/C12H10N2S/c1-2-4-10(5-3-1)8-11-9-15-12-13-6-7-14(11)12/h1-7,9H,8H2. The number of imidazole rings is 1. The van der Waals surface area contributed by atoms with E-state index in [0.29, 0.717) is 0 Å². The molecule has 0 aliphatic heterocycles. The first-order chi connectivity index (χ1) is 7.43. The lowest BCUT2D eigenvalue weighted by Gasteiger charge is -1.99. The fraction of sp³-hybridized carbons (Fsp3) is 0.0833. The van der Waals surface area contributed by atoms with E-state index in [1.54, 1.807) is 11.3 Å². The molecular formula is C12H10N2S. The zero-order valence-electron chi connectivity index (χ0n) is 8.13. The van der Waals surface area contributed by atoms with E-state index in [-0.39, 0.29) is 0 Å². The van der Waals surface area contributed by atoms with Gasteiger partial charge in [-0.25, -0.2) is 4.98 Å². The van der Waals surface area contributed by atoms with Gasteiger partial charge in [-0.3, -0.25) is 4.40 Å². The molecule has 3 rings (SSSR count). The van der Waals surface area contributed by atoms with Crippen molar-refractivity contribution in [2.24, 2.45) is 0 Å². The van der Waals surface area contributed by atoms with Crippen LogP contribution in [0.1, 0.15) is 11.3 Å². The van der Waals surface area contributed by atoms with Crippen molar-refractivity contribution < 1.29 is 0 Å². The molecule has 0 atom stereocenters. The van der Waals surface area contributed by atoms with Crippen LogP contribution in [0.3, 0.4) is 0 Å². The molecule has 2 nitrogen and oxygen atoms in total. The summed E-state index contributed by atoms with van der Waals surface area (Å²) < 4.78 is 2.15. The quantitative estimate of drug-likeness (QED) is 0.641. The lowest BCUT2D eigenvalue weighted by Crippen LogP contribution is -1.91. The van der Waals surface area contributed by atoms with Gasteiger partial charge >= 0.3 is 0 Å². The number of hydrogen-bond acceptors (Lipinski definition) is 2. The maximum atomic E-state index is 4.26. The molecule has 0 bridgehead atoms. The molecule has 0 amide bonds. The Balaban J connectivity index is 1.99. The van der Waals surface area contributed by atoms with E-state index in [0.717, 1.165) is 11.4 Å². The Hall–Kier alpha value is -1.61. The fourth-order valence-electron chi connectivity index (χ4n) is 1.70. The highest BCUT2D eigenvalue weighted by molar-refractivity contribution is 7.15. The molecule has 0 saturated heterocycles. The first kappa shape index (κ1) is 8.68. The van der Waals surface area contributed by atoms with E-state index in [4.69, 9.17) is 0 Å². The molecule has 0 N–H and O–H groups in total. The number of nitrogens with zero attached hydrogens (tertiary/aromatic N) is 2. The number of benzene rings is 1. The minimum atomic E-state index is 0.969. The fourth-order valence-corrected chi connectivity index (χ4v) is 2.56.